The van der Waals surface area contributed by atoms with Crippen molar-refractivity contribution < 1.29 is 22.7 Å². The first-order chi connectivity index (χ1) is 15.2. The number of hydrogen-bond acceptors (Lipinski definition) is 4. The molecule has 0 saturated heterocycles. The normalized spacial score (nSPS) is 13.6. The van der Waals surface area contributed by atoms with Gasteiger partial charge in [-0.2, -0.15) is 13.2 Å². The van der Waals surface area contributed by atoms with Crippen LogP contribution in [-0.4, -0.2) is 35.3 Å². The lowest BCUT2D eigenvalue weighted by atomic mass is 10.1. The molecule has 7 nitrogen and oxygen atoms in total. The second kappa shape index (κ2) is 8.27. The van der Waals surface area contributed by atoms with Crippen LogP contribution in [0.4, 0.5) is 18.9 Å². The van der Waals surface area contributed by atoms with Gasteiger partial charge in [0, 0.05) is 25.9 Å². The second-order valence-corrected chi connectivity index (χ2v) is 7.47. The Morgan fingerprint density at radius 3 is 2.47 bits per heavy atom. The predicted octanol–water partition coefficient (Wildman–Crippen LogP) is 2.42. The molecule has 0 saturated carbocycles. The SMILES string of the molecule is COCCn1c(=O)c(=O)n(CC(=O)N2CCc3ccccc32)c2cc(C(F)(F)F)ccc21. The van der Waals surface area contributed by atoms with Crippen molar-refractivity contribution in [1.29, 1.82) is 0 Å². The molecule has 4 rings (SSSR count). The van der Waals surface area contributed by atoms with Crippen molar-refractivity contribution >= 4 is 22.6 Å². The van der Waals surface area contributed by atoms with E-state index in [-0.39, 0.29) is 24.2 Å². The lowest BCUT2D eigenvalue weighted by Gasteiger charge is -2.20. The van der Waals surface area contributed by atoms with E-state index in [4.69, 9.17) is 4.74 Å². The lowest BCUT2D eigenvalue weighted by Crippen LogP contribution is -2.45. The van der Waals surface area contributed by atoms with E-state index in [0.29, 0.717) is 18.7 Å². The largest absolute Gasteiger partial charge is 0.416 e. The Bertz CT molecular complexity index is 1310. The first-order valence-electron chi connectivity index (χ1n) is 9.94. The third-order valence-corrected chi connectivity index (χ3v) is 5.56. The number of anilines is 1. The topological polar surface area (TPSA) is 73.5 Å². The number of carbonyl (C=O) groups excluding carboxylic acids is 1. The smallest absolute Gasteiger partial charge is 0.383 e. The molecule has 10 heteroatoms. The summed E-state index contributed by atoms with van der Waals surface area (Å²) in [5.41, 5.74) is -1.32. The van der Waals surface area contributed by atoms with Crippen LogP contribution in [0, 0.1) is 0 Å². The highest BCUT2D eigenvalue weighted by Gasteiger charge is 2.32. The monoisotopic (exact) mass is 447 g/mol. The van der Waals surface area contributed by atoms with Crippen LogP contribution in [0.2, 0.25) is 0 Å². The van der Waals surface area contributed by atoms with Gasteiger partial charge in [0.05, 0.1) is 23.2 Å². The quantitative estimate of drug-likeness (QED) is 0.564. The van der Waals surface area contributed by atoms with Crippen LogP contribution in [0.3, 0.4) is 0 Å². The van der Waals surface area contributed by atoms with Crippen molar-refractivity contribution in [3.8, 4) is 0 Å². The van der Waals surface area contributed by atoms with Gasteiger partial charge >= 0.3 is 17.3 Å². The van der Waals surface area contributed by atoms with Gasteiger partial charge < -0.3 is 9.64 Å². The van der Waals surface area contributed by atoms with Gasteiger partial charge in [-0.1, -0.05) is 18.2 Å². The molecule has 1 aliphatic rings. The van der Waals surface area contributed by atoms with Crippen molar-refractivity contribution in [1.82, 2.24) is 9.13 Å². The van der Waals surface area contributed by atoms with Crippen molar-refractivity contribution in [2.24, 2.45) is 0 Å². The molecule has 0 spiro atoms. The zero-order valence-electron chi connectivity index (χ0n) is 17.2. The van der Waals surface area contributed by atoms with Crippen LogP contribution in [0.25, 0.3) is 11.0 Å². The highest BCUT2D eigenvalue weighted by Crippen LogP contribution is 2.31. The second-order valence-electron chi connectivity index (χ2n) is 7.47. The Morgan fingerprint density at radius 1 is 1.03 bits per heavy atom. The van der Waals surface area contributed by atoms with Crippen molar-refractivity contribution in [2.75, 3.05) is 25.2 Å². The maximum Gasteiger partial charge on any atom is 0.416 e. The molecule has 0 aliphatic carbocycles. The van der Waals surface area contributed by atoms with Crippen LogP contribution in [0.1, 0.15) is 11.1 Å². The maximum absolute atomic E-state index is 13.4. The molecule has 168 valence electrons. The number of methoxy groups -OCH3 is 1. The van der Waals surface area contributed by atoms with Gasteiger partial charge in [0.25, 0.3) is 0 Å². The van der Waals surface area contributed by atoms with Gasteiger partial charge in [-0.25, -0.2) is 0 Å². The Hall–Kier alpha value is -3.40. The van der Waals surface area contributed by atoms with Gasteiger partial charge in [0.2, 0.25) is 5.91 Å². The number of alkyl halides is 3. The van der Waals surface area contributed by atoms with E-state index in [1.165, 1.54) is 12.0 Å². The number of aromatic nitrogens is 2. The average molecular weight is 447 g/mol. The first kappa shape index (κ1) is 21.8. The fourth-order valence-corrected chi connectivity index (χ4v) is 3.97. The van der Waals surface area contributed by atoms with E-state index in [1.807, 2.05) is 12.1 Å². The Labute approximate surface area is 180 Å². The number of hydrogen-bond donors (Lipinski definition) is 0. The highest BCUT2D eigenvalue weighted by atomic mass is 19.4. The van der Waals surface area contributed by atoms with E-state index < -0.39 is 35.3 Å². The standard InChI is InChI=1S/C22H20F3N3O4/c1-32-11-10-27-17-7-6-15(22(23,24)25)12-18(17)28(21(31)20(27)30)13-19(29)26-9-8-14-4-2-3-5-16(14)26/h2-7,12H,8-11,13H2,1H3. The minimum Gasteiger partial charge on any atom is -0.383 e. The molecule has 1 aromatic heterocycles. The van der Waals surface area contributed by atoms with Crippen LogP contribution in [0.5, 0.6) is 0 Å². The number of nitrogens with zero attached hydrogens (tertiary/aromatic N) is 3. The summed E-state index contributed by atoms with van der Waals surface area (Å²) in [5, 5.41) is 0. The number of ether oxygens (including phenoxy) is 1. The fourth-order valence-electron chi connectivity index (χ4n) is 3.97. The van der Waals surface area contributed by atoms with Crippen LogP contribution < -0.4 is 16.0 Å². The Kier molecular flexibility index (Phi) is 5.64. The summed E-state index contributed by atoms with van der Waals surface area (Å²) in [7, 11) is 1.41. The summed E-state index contributed by atoms with van der Waals surface area (Å²) in [6, 6.07) is 10.1. The Balaban J connectivity index is 1.84. The molecule has 1 amide bonds. The minimum atomic E-state index is -4.65. The lowest BCUT2D eigenvalue weighted by molar-refractivity contribution is -0.137. The van der Waals surface area contributed by atoms with Crippen LogP contribution in [-0.2, 0) is 35.2 Å². The molecule has 0 fully saturated rings. The molecule has 0 N–H and O–H groups in total. The number of rotatable bonds is 5. The van der Waals surface area contributed by atoms with Crippen molar-refractivity contribution in [3.05, 3.63) is 74.3 Å². The average Bonchev–Trinajstić information content (AvgIpc) is 3.20. The molecule has 3 aromatic rings. The molecule has 32 heavy (non-hydrogen) atoms. The summed E-state index contributed by atoms with van der Waals surface area (Å²) in [4.78, 5) is 40.1. The fraction of sp³-hybridized carbons (Fsp3) is 0.318. The number of fused-ring (bicyclic) bond motifs is 2. The number of halogens is 3. The molecule has 0 bridgehead atoms. The minimum absolute atomic E-state index is 0.0132. The van der Waals surface area contributed by atoms with E-state index >= 15 is 0 Å². The first-order valence-corrected chi connectivity index (χ1v) is 9.94. The zero-order chi connectivity index (χ0) is 23.0. The molecule has 0 radical (unpaired) electrons. The van der Waals surface area contributed by atoms with E-state index in [0.717, 1.165) is 32.9 Å². The number of para-hydroxylation sites is 1. The predicted molar refractivity (Wildman–Crippen MR) is 112 cm³/mol. The zero-order valence-corrected chi connectivity index (χ0v) is 17.2. The van der Waals surface area contributed by atoms with E-state index in [1.54, 1.807) is 12.1 Å². The number of amides is 1. The maximum atomic E-state index is 13.4. The van der Waals surface area contributed by atoms with Crippen molar-refractivity contribution in [2.45, 2.75) is 25.7 Å². The van der Waals surface area contributed by atoms with Crippen LogP contribution >= 0.6 is 0 Å². The molecular formula is C22H20F3N3O4. The summed E-state index contributed by atoms with van der Waals surface area (Å²) >= 11 is 0. The number of carbonyl (C=O) groups is 1. The Morgan fingerprint density at radius 2 is 1.75 bits per heavy atom. The molecule has 2 aromatic carbocycles. The summed E-state index contributed by atoms with van der Waals surface area (Å²) < 4.78 is 46.9. The van der Waals surface area contributed by atoms with Crippen LogP contribution in [0.15, 0.2) is 52.1 Å². The van der Waals surface area contributed by atoms with Gasteiger partial charge in [0.15, 0.2) is 0 Å². The summed E-state index contributed by atoms with van der Waals surface area (Å²) in [6.07, 6.45) is -4.02. The summed E-state index contributed by atoms with van der Waals surface area (Å²) in [5.74, 6) is -0.482. The van der Waals surface area contributed by atoms with Gasteiger partial charge in [-0.15, -0.1) is 0 Å². The van der Waals surface area contributed by atoms with Gasteiger partial charge in [0.1, 0.15) is 6.54 Å². The molecular weight excluding hydrogens is 427 g/mol. The van der Waals surface area contributed by atoms with Gasteiger partial charge in [-0.3, -0.25) is 23.5 Å². The molecule has 2 heterocycles. The third-order valence-electron chi connectivity index (χ3n) is 5.56. The highest BCUT2D eigenvalue weighted by molar-refractivity contribution is 5.96. The third kappa shape index (κ3) is 3.81. The molecule has 1 aliphatic heterocycles. The molecule has 0 unspecified atom stereocenters. The van der Waals surface area contributed by atoms with Crippen molar-refractivity contribution in [3.63, 3.8) is 0 Å². The van der Waals surface area contributed by atoms with Gasteiger partial charge in [-0.05, 0) is 36.2 Å². The molecule has 0 atom stereocenters. The number of benzene rings is 2. The van der Waals surface area contributed by atoms with E-state index in [9.17, 15) is 27.6 Å². The van der Waals surface area contributed by atoms with E-state index in [2.05, 4.69) is 0 Å². The summed E-state index contributed by atoms with van der Waals surface area (Å²) in [6.45, 7) is -0.0847.